The van der Waals surface area contributed by atoms with E-state index in [1.807, 2.05) is 19.9 Å². The molecule has 0 spiro atoms. The van der Waals surface area contributed by atoms with Gasteiger partial charge in [-0.25, -0.2) is 0 Å². The zero-order valence-corrected chi connectivity index (χ0v) is 15.5. The largest absolute Gasteiger partial charge is 0.303 e. The zero-order valence-electron chi connectivity index (χ0n) is 15.5. The number of rotatable bonds is 6. The van der Waals surface area contributed by atoms with Gasteiger partial charge in [-0.05, 0) is 51.5 Å². The normalized spacial score (nSPS) is 30.2. The van der Waals surface area contributed by atoms with Crippen LogP contribution in [0, 0.1) is 29.1 Å². The summed E-state index contributed by atoms with van der Waals surface area (Å²) in [5, 5.41) is 0. The van der Waals surface area contributed by atoms with E-state index in [0.29, 0.717) is 17.8 Å². The fourth-order valence-corrected chi connectivity index (χ4v) is 3.86. The Morgan fingerprint density at radius 1 is 1.35 bits per heavy atom. The highest BCUT2D eigenvalue weighted by molar-refractivity contribution is 6.17. The molecule has 0 aliphatic heterocycles. The van der Waals surface area contributed by atoms with Gasteiger partial charge in [0.15, 0.2) is 11.6 Å². The highest BCUT2D eigenvalue weighted by atomic mass is 16.2. The molecule has 128 valence electrons. The molecule has 0 heterocycles. The van der Waals surface area contributed by atoms with Crippen molar-refractivity contribution < 1.29 is 14.4 Å². The van der Waals surface area contributed by atoms with E-state index in [1.165, 1.54) is 0 Å². The third-order valence-electron chi connectivity index (χ3n) is 5.02. The predicted molar refractivity (Wildman–Crippen MR) is 93.0 cm³/mol. The van der Waals surface area contributed by atoms with E-state index in [1.54, 1.807) is 20.8 Å². The summed E-state index contributed by atoms with van der Waals surface area (Å²) >= 11 is 0. The lowest BCUT2D eigenvalue weighted by molar-refractivity contribution is -0.145. The molecule has 4 atom stereocenters. The maximum absolute atomic E-state index is 12.9. The van der Waals surface area contributed by atoms with Gasteiger partial charge in [0, 0.05) is 5.92 Å². The monoisotopic (exact) mass is 318 g/mol. The van der Waals surface area contributed by atoms with Crippen molar-refractivity contribution in [3.63, 3.8) is 0 Å². The SMILES string of the molecule is CC1=C[C@@H](C)[C@@H](/C(C)=C/CC(C)C)[C@@](C)(C(=O)[C@@H](C)C=O)C1=O. The second kappa shape index (κ2) is 7.37. The quantitative estimate of drug-likeness (QED) is 0.419. The molecule has 1 aliphatic rings. The first-order valence-electron chi connectivity index (χ1n) is 8.46. The molecule has 1 rings (SSSR count). The van der Waals surface area contributed by atoms with Gasteiger partial charge in [-0.2, -0.15) is 0 Å². The molecule has 0 unspecified atom stereocenters. The summed E-state index contributed by atoms with van der Waals surface area (Å²) in [5.74, 6) is -0.748. The molecule has 1 aliphatic carbocycles. The van der Waals surface area contributed by atoms with Crippen LogP contribution in [0.25, 0.3) is 0 Å². The van der Waals surface area contributed by atoms with E-state index in [9.17, 15) is 14.4 Å². The number of Topliss-reactive ketones (excluding diaryl/α,β-unsaturated/α-hetero) is 2. The zero-order chi connectivity index (χ0) is 17.9. The van der Waals surface area contributed by atoms with E-state index in [-0.39, 0.29) is 23.4 Å². The van der Waals surface area contributed by atoms with Crippen LogP contribution in [-0.4, -0.2) is 17.9 Å². The minimum absolute atomic E-state index is 0.0870. The summed E-state index contributed by atoms with van der Waals surface area (Å²) < 4.78 is 0. The van der Waals surface area contributed by atoms with Crippen LogP contribution >= 0.6 is 0 Å². The molecule has 0 bridgehead atoms. The number of ketones is 2. The average molecular weight is 318 g/mol. The Labute approximate surface area is 140 Å². The number of hydrogen-bond acceptors (Lipinski definition) is 3. The third-order valence-corrected chi connectivity index (χ3v) is 5.02. The minimum Gasteiger partial charge on any atom is -0.303 e. The summed E-state index contributed by atoms with van der Waals surface area (Å²) in [6, 6.07) is 0. The summed E-state index contributed by atoms with van der Waals surface area (Å²) in [7, 11) is 0. The van der Waals surface area contributed by atoms with Crippen LogP contribution in [-0.2, 0) is 14.4 Å². The van der Waals surface area contributed by atoms with Gasteiger partial charge in [0.25, 0.3) is 0 Å². The molecule has 0 aromatic heterocycles. The Morgan fingerprint density at radius 2 is 1.91 bits per heavy atom. The molecule has 0 N–H and O–H groups in total. The Bertz CT molecular complexity index is 553. The van der Waals surface area contributed by atoms with Crippen molar-refractivity contribution in [3.8, 4) is 0 Å². The predicted octanol–water partition coefficient (Wildman–Crippen LogP) is 4.17. The van der Waals surface area contributed by atoms with E-state index in [2.05, 4.69) is 19.9 Å². The van der Waals surface area contributed by atoms with Crippen LogP contribution in [0.15, 0.2) is 23.3 Å². The Morgan fingerprint density at radius 3 is 2.39 bits per heavy atom. The van der Waals surface area contributed by atoms with Gasteiger partial charge >= 0.3 is 0 Å². The molecule has 0 radical (unpaired) electrons. The Kier molecular flexibility index (Phi) is 6.26. The lowest BCUT2D eigenvalue weighted by Crippen LogP contribution is -2.51. The van der Waals surface area contributed by atoms with Gasteiger partial charge in [-0.15, -0.1) is 0 Å². The molecule has 0 saturated heterocycles. The molecule has 3 heteroatoms. The van der Waals surface area contributed by atoms with Gasteiger partial charge in [0.2, 0.25) is 0 Å². The smallest absolute Gasteiger partial charge is 0.172 e. The van der Waals surface area contributed by atoms with Crippen LogP contribution in [0.5, 0.6) is 0 Å². The first-order chi connectivity index (χ1) is 10.6. The van der Waals surface area contributed by atoms with Crippen LogP contribution < -0.4 is 0 Å². The number of carbonyl (C=O) groups is 3. The third kappa shape index (κ3) is 3.70. The van der Waals surface area contributed by atoms with Crippen molar-refractivity contribution in [2.75, 3.05) is 0 Å². The average Bonchev–Trinajstić information content (AvgIpc) is 2.49. The molecular formula is C20H30O3. The van der Waals surface area contributed by atoms with E-state index >= 15 is 0 Å². The van der Waals surface area contributed by atoms with Gasteiger partial charge in [0.1, 0.15) is 6.29 Å². The molecule has 0 fully saturated rings. The fraction of sp³-hybridized carbons (Fsp3) is 0.650. The molecule has 3 nitrogen and oxygen atoms in total. The number of allylic oxidation sites excluding steroid dienone is 4. The molecular weight excluding hydrogens is 288 g/mol. The summed E-state index contributed by atoms with van der Waals surface area (Å²) in [6.45, 7) is 13.4. The van der Waals surface area contributed by atoms with E-state index in [0.717, 1.165) is 12.0 Å². The maximum atomic E-state index is 12.9. The minimum atomic E-state index is -1.16. The van der Waals surface area contributed by atoms with Crippen molar-refractivity contribution in [3.05, 3.63) is 23.3 Å². The van der Waals surface area contributed by atoms with Crippen LogP contribution in [0.1, 0.15) is 54.9 Å². The van der Waals surface area contributed by atoms with Crippen molar-refractivity contribution in [1.29, 1.82) is 0 Å². The molecule has 0 amide bonds. The van der Waals surface area contributed by atoms with Crippen LogP contribution in [0.2, 0.25) is 0 Å². The number of aldehydes is 1. The number of hydrogen-bond donors (Lipinski definition) is 0. The fourth-order valence-electron chi connectivity index (χ4n) is 3.86. The van der Waals surface area contributed by atoms with Crippen molar-refractivity contribution >= 4 is 17.9 Å². The molecule has 23 heavy (non-hydrogen) atoms. The van der Waals surface area contributed by atoms with Crippen molar-refractivity contribution in [2.45, 2.75) is 54.9 Å². The van der Waals surface area contributed by atoms with E-state index in [4.69, 9.17) is 0 Å². The van der Waals surface area contributed by atoms with E-state index < -0.39 is 11.3 Å². The Balaban J connectivity index is 3.42. The second-order valence-electron chi connectivity index (χ2n) is 7.58. The summed E-state index contributed by atoms with van der Waals surface area (Å²) in [4.78, 5) is 36.9. The summed E-state index contributed by atoms with van der Waals surface area (Å²) in [5.41, 5.74) is 0.535. The van der Waals surface area contributed by atoms with Gasteiger partial charge in [-0.1, -0.05) is 38.5 Å². The van der Waals surface area contributed by atoms with Gasteiger partial charge in [-0.3, -0.25) is 9.59 Å². The second-order valence-corrected chi connectivity index (χ2v) is 7.58. The van der Waals surface area contributed by atoms with Crippen molar-refractivity contribution in [2.24, 2.45) is 29.1 Å². The summed E-state index contributed by atoms with van der Waals surface area (Å²) in [6.07, 6.45) is 5.66. The lowest BCUT2D eigenvalue weighted by Gasteiger charge is -2.43. The van der Waals surface area contributed by atoms with Gasteiger partial charge in [0.05, 0.1) is 11.3 Å². The topological polar surface area (TPSA) is 51.2 Å². The van der Waals surface area contributed by atoms with Crippen molar-refractivity contribution in [1.82, 2.24) is 0 Å². The standard InChI is InChI=1S/C20H30O3/c1-12(2)8-9-13(3)17-14(4)10-15(5)18(22)20(17,7)19(23)16(6)11-21/h9-12,14,16-17H,8H2,1-7H3/b13-9+/t14-,16+,17-,20-/m1/s1. The van der Waals surface area contributed by atoms with Crippen LogP contribution in [0.3, 0.4) is 0 Å². The highest BCUT2D eigenvalue weighted by Gasteiger charge is 2.53. The maximum Gasteiger partial charge on any atom is 0.172 e. The molecule has 0 aromatic carbocycles. The first kappa shape index (κ1) is 19.5. The first-order valence-corrected chi connectivity index (χ1v) is 8.46. The molecule has 0 saturated carbocycles. The number of carbonyl (C=O) groups excluding carboxylic acids is 3. The lowest BCUT2D eigenvalue weighted by atomic mass is 9.57. The molecule has 0 aromatic rings. The van der Waals surface area contributed by atoms with Gasteiger partial charge < -0.3 is 4.79 Å². The highest BCUT2D eigenvalue weighted by Crippen LogP contribution is 2.46. The van der Waals surface area contributed by atoms with Crippen LogP contribution in [0.4, 0.5) is 0 Å². The Hall–Kier alpha value is -1.51.